The maximum absolute atomic E-state index is 13.5. The van der Waals surface area contributed by atoms with Crippen molar-refractivity contribution in [3.8, 4) is 5.75 Å². The topological polar surface area (TPSA) is 58.6 Å². The Bertz CT molecular complexity index is 1400. The van der Waals surface area contributed by atoms with Gasteiger partial charge in [-0.25, -0.2) is 8.42 Å². The third kappa shape index (κ3) is 4.87. The number of hydrogen-bond acceptors (Lipinski definition) is 4. The summed E-state index contributed by atoms with van der Waals surface area (Å²) in [6, 6.07) is 24.5. The summed E-state index contributed by atoms with van der Waals surface area (Å²) in [6.07, 6.45) is 10.8. The SMILES string of the molecule is CN(C1CCCCC1)S(=O)(=O)c1ccc2c(c1)C1C=CCC1C(c1ccc(OCc3ccccc3)cc1)N2. The molecule has 6 heteroatoms. The molecule has 0 radical (unpaired) electrons. The van der Waals surface area contributed by atoms with E-state index in [-0.39, 0.29) is 18.0 Å². The normalized spacial score (nSPS) is 23.1. The highest BCUT2D eigenvalue weighted by Crippen LogP contribution is 2.50. The van der Waals surface area contributed by atoms with Crippen LogP contribution in [0.25, 0.3) is 0 Å². The van der Waals surface area contributed by atoms with Crippen LogP contribution in [0.2, 0.25) is 0 Å². The maximum atomic E-state index is 13.5. The molecule has 3 aromatic carbocycles. The van der Waals surface area contributed by atoms with Crippen molar-refractivity contribution >= 4 is 15.7 Å². The number of nitrogens with one attached hydrogen (secondary N) is 1. The van der Waals surface area contributed by atoms with E-state index in [1.807, 2.05) is 42.5 Å². The van der Waals surface area contributed by atoms with Gasteiger partial charge in [-0.3, -0.25) is 0 Å². The molecule has 1 N–H and O–H groups in total. The summed E-state index contributed by atoms with van der Waals surface area (Å²) in [6.45, 7) is 0.547. The summed E-state index contributed by atoms with van der Waals surface area (Å²) in [5.74, 6) is 1.39. The van der Waals surface area contributed by atoms with E-state index in [1.54, 1.807) is 17.4 Å². The lowest BCUT2D eigenvalue weighted by Crippen LogP contribution is -2.38. The average molecular weight is 529 g/mol. The van der Waals surface area contributed by atoms with E-state index in [4.69, 9.17) is 4.74 Å². The van der Waals surface area contributed by atoms with E-state index in [9.17, 15) is 8.42 Å². The number of fused-ring (bicyclic) bond motifs is 3. The minimum absolute atomic E-state index is 0.103. The van der Waals surface area contributed by atoms with Gasteiger partial charge >= 0.3 is 0 Å². The molecule has 3 atom stereocenters. The zero-order chi connectivity index (χ0) is 26.1. The van der Waals surface area contributed by atoms with E-state index >= 15 is 0 Å². The molecule has 5 nitrogen and oxygen atoms in total. The number of nitrogens with zero attached hydrogens (tertiary/aromatic N) is 1. The van der Waals surface area contributed by atoms with E-state index in [1.165, 1.54) is 12.0 Å². The predicted octanol–water partition coefficient (Wildman–Crippen LogP) is 7.05. The van der Waals surface area contributed by atoms with Gasteiger partial charge in [0.15, 0.2) is 0 Å². The molecule has 1 heterocycles. The number of allylic oxidation sites excluding steroid dienone is 2. The number of anilines is 1. The molecular weight excluding hydrogens is 492 g/mol. The summed E-state index contributed by atoms with van der Waals surface area (Å²) >= 11 is 0. The second kappa shape index (κ2) is 10.6. The summed E-state index contributed by atoms with van der Waals surface area (Å²) in [5, 5.41) is 3.74. The lowest BCUT2D eigenvalue weighted by atomic mass is 9.77. The van der Waals surface area contributed by atoms with Crippen molar-refractivity contribution in [1.29, 1.82) is 0 Å². The summed E-state index contributed by atoms with van der Waals surface area (Å²) in [4.78, 5) is 0.406. The fraction of sp³-hybridized carbons (Fsp3) is 0.375. The van der Waals surface area contributed by atoms with Gasteiger partial charge in [-0.2, -0.15) is 4.31 Å². The van der Waals surface area contributed by atoms with E-state index in [0.29, 0.717) is 17.4 Å². The largest absolute Gasteiger partial charge is 0.489 e. The molecule has 1 aliphatic heterocycles. The van der Waals surface area contributed by atoms with Crippen LogP contribution in [0.4, 0.5) is 5.69 Å². The van der Waals surface area contributed by atoms with Crippen LogP contribution < -0.4 is 10.1 Å². The lowest BCUT2D eigenvalue weighted by molar-refractivity contribution is 0.286. The zero-order valence-electron chi connectivity index (χ0n) is 21.9. The summed E-state index contributed by atoms with van der Waals surface area (Å²) in [5.41, 5.74) is 4.47. The van der Waals surface area contributed by atoms with Gasteiger partial charge < -0.3 is 10.1 Å². The Balaban J connectivity index is 1.21. The monoisotopic (exact) mass is 528 g/mol. The van der Waals surface area contributed by atoms with Crippen LogP contribution in [0, 0.1) is 5.92 Å². The number of rotatable bonds is 7. The van der Waals surface area contributed by atoms with Crippen molar-refractivity contribution in [2.75, 3.05) is 12.4 Å². The lowest BCUT2D eigenvalue weighted by Gasteiger charge is -2.38. The highest BCUT2D eigenvalue weighted by molar-refractivity contribution is 7.89. The molecule has 0 bridgehead atoms. The van der Waals surface area contributed by atoms with E-state index < -0.39 is 10.0 Å². The van der Waals surface area contributed by atoms with Crippen LogP contribution in [-0.4, -0.2) is 25.8 Å². The molecule has 1 fully saturated rings. The molecule has 3 unspecified atom stereocenters. The predicted molar refractivity (Wildman–Crippen MR) is 152 cm³/mol. The third-order valence-electron chi connectivity index (χ3n) is 8.59. The highest BCUT2D eigenvalue weighted by Gasteiger charge is 2.39. The van der Waals surface area contributed by atoms with Gasteiger partial charge in [0, 0.05) is 24.7 Å². The second-order valence-electron chi connectivity index (χ2n) is 10.9. The molecule has 0 saturated heterocycles. The van der Waals surface area contributed by atoms with Crippen LogP contribution in [0.15, 0.2) is 89.8 Å². The highest BCUT2D eigenvalue weighted by atomic mass is 32.2. The third-order valence-corrected chi connectivity index (χ3v) is 10.5. The molecule has 3 aromatic rings. The Kier molecular flexibility index (Phi) is 7.02. The molecule has 0 aromatic heterocycles. The fourth-order valence-electron chi connectivity index (χ4n) is 6.38. The number of ether oxygens (including phenoxy) is 1. The van der Waals surface area contributed by atoms with Gasteiger partial charge in [-0.1, -0.05) is 73.9 Å². The van der Waals surface area contributed by atoms with Crippen molar-refractivity contribution in [3.63, 3.8) is 0 Å². The molecule has 38 heavy (non-hydrogen) atoms. The minimum atomic E-state index is -3.53. The van der Waals surface area contributed by atoms with Gasteiger partial charge in [-0.15, -0.1) is 0 Å². The van der Waals surface area contributed by atoms with E-state index in [0.717, 1.165) is 54.7 Å². The zero-order valence-corrected chi connectivity index (χ0v) is 22.7. The van der Waals surface area contributed by atoms with Gasteiger partial charge in [0.25, 0.3) is 0 Å². The maximum Gasteiger partial charge on any atom is 0.243 e. The van der Waals surface area contributed by atoms with Crippen LogP contribution >= 0.6 is 0 Å². The van der Waals surface area contributed by atoms with E-state index in [2.05, 4.69) is 41.7 Å². The second-order valence-corrected chi connectivity index (χ2v) is 12.9. The molecule has 198 valence electrons. The van der Waals surface area contributed by atoms with Crippen LogP contribution in [0.1, 0.15) is 67.2 Å². The molecule has 3 aliphatic rings. The van der Waals surface area contributed by atoms with Gasteiger partial charge in [0.05, 0.1) is 10.9 Å². The molecule has 6 rings (SSSR count). The van der Waals surface area contributed by atoms with Gasteiger partial charge in [0.1, 0.15) is 12.4 Å². The molecular formula is C32H36N2O3S. The molecule has 2 aliphatic carbocycles. The van der Waals surface area contributed by atoms with Crippen LogP contribution in [0.5, 0.6) is 5.75 Å². The number of hydrogen-bond donors (Lipinski definition) is 1. The first kappa shape index (κ1) is 25.2. The number of sulfonamides is 1. The first-order valence-corrected chi connectivity index (χ1v) is 15.3. The molecule has 0 spiro atoms. The standard InChI is InChI=1S/C32H36N2O3S/c1-34(25-11-6-3-7-12-25)38(35,36)27-19-20-31-30(21-27)28-13-8-14-29(28)32(33-31)24-15-17-26(18-16-24)37-22-23-9-4-2-5-10-23/h2,4-5,8-10,13,15-21,25,28-29,32-33H,3,6-7,11-12,14,22H2,1H3. The fourth-order valence-corrected chi connectivity index (χ4v) is 7.83. The first-order valence-electron chi connectivity index (χ1n) is 13.8. The molecule has 1 saturated carbocycles. The Morgan fingerprint density at radius 2 is 1.71 bits per heavy atom. The summed E-state index contributed by atoms with van der Waals surface area (Å²) < 4.78 is 34.7. The number of benzene rings is 3. The quantitative estimate of drug-likeness (QED) is 0.334. The van der Waals surface area contributed by atoms with Gasteiger partial charge in [0.2, 0.25) is 10.0 Å². The molecule has 0 amide bonds. The van der Waals surface area contributed by atoms with Gasteiger partial charge in [-0.05, 0) is 72.2 Å². The van der Waals surface area contributed by atoms with Crippen molar-refractivity contribution in [2.24, 2.45) is 5.92 Å². The van der Waals surface area contributed by atoms with Crippen molar-refractivity contribution in [1.82, 2.24) is 4.31 Å². The minimum Gasteiger partial charge on any atom is -0.489 e. The van der Waals surface area contributed by atoms with Crippen molar-refractivity contribution in [2.45, 2.75) is 68.0 Å². The van der Waals surface area contributed by atoms with Crippen molar-refractivity contribution in [3.05, 3.63) is 102 Å². The van der Waals surface area contributed by atoms with Crippen molar-refractivity contribution < 1.29 is 13.2 Å². The Labute approximate surface area is 226 Å². The Hall–Kier alpha value is -3.09. The summed E-state index contributed by atoms with van der Waals surface area (Å²) in [7, 11) is -1.77. The Morgan fingerprint density at radius 3 is 2.47 bits per heavy atom. The average Bonchev–Trinajstić information content (AvgIpc) is 3.47. The van der Waals surface area contributed by atoms with Crippen LogP contribution in [0.3, 0.4) is 0 Å². The smallest absolute Gasteiger partial charge is 0.243 e. The Morgan fingerprint density at radius 1 is 0.947 bits per heavy atom. The first-order chi connectivity index (χ1) is 18.5. The van der Waals surface area contributed by atoms with Crippen LogP contribution in [-0.2, 0) is 16.6 Å².